The van der Waals surface area contributed by atoms with Gasteiger partial charge in [-0.15, -0.1) is 0 Å². The lowest BCUT2D eigenvalue weighted by atomic mass is 10.2. The fraction of sp³-hybridized carbons (Fsp3) is 0.400. The fourth-order valence-electron chi connectivity index (χ4n) is 1.67. The summed E-state index contributed by atoms with van der Waals surface area (Å²) in [6.45, 7) is 6.67. The molecule has 126 valence electrons. The van der Waals surface area contributed by atoms with Gasteiger partial charge in [0.15, 0.2) is 11.5 Å². The van der Waals surface area contributed by atoms with Crippen molar-refractivity contribution < 1.29 is 19.1 Å². The van der Waals surface area contributed by atoms with Crippen molar-refractivity contribution in [2.45, 2.75) is 20.8 Å². The Labute approximate surface area is 140 Å². The van der Waals surface area contributed by atoms with Gasteiger partial charge in [-0.2, -0.15) is 5.10 Å². The Balaban J connectivity index is 2.86. The number of rotatable bonds is 7. The van der Waals surface area contributed by atoms with E-state index in [9.17, 15) is 9.59 Å². The van der Waals surface area contributed by atoms with E-state index in [0.29, 0.717) is 41.8 Å². The molecule has 2 N–H and O–H groups in total. The highest BCUT2D eigenvalue weighted by Gasteiger charge is 2.12. The van der Waals surface area contributed by atoms with Gasteiger partial charge in [-0.05, 0) is 38.5 Å². The van der Waals surface area contributed by atoms with Crippen molar-refractivity contribution in [2.24, 2.45) is 5.10 Å². The topological polar surface area (TPSA) is 89.0 Å². The zero-order valence-electron chi connectivity index (χ0n) is 13.3. The van der Waals surface area contributed by atoms with Gasteiger partial charge < -0.3 is 14.8 Å². The lowest BCUT2D eigenvalue weighted by Crippen LogP contribution is -2.37. The van der Waals surface area contributed by atoms with Gasteiger partial charge in [-0.3, -0.25) is 9.59 Å². The molecule has 2 amide bonds. The number of carbonyl (C=O) groups is 2. The lowest BCUT2D eigenvalue weighted by Gasteiger charge is -2.13. The van der Waals surface area contributed by atoms with E-state index < -0.39 is 11.8 Å². The number of nitrogens with zero attached hydrogens (tertiary/aromatic N) is 1. The molecular formula is C15H20ClN3O4. The maximum absolute atomic E-state index is 11.4. The number of benzene rings is 1. The predicted molar refractivity (Wildman–Crippen MR) is 88.2 cm³/mol. The summed E-state index contributed by atoms with van der Waals surface area (Å²) in [5, 5.41) is 6.46. The first-order valence-electron chi connectivity index (χ1n) is 7.23. The van der Waals surface area contributed by atoms with Crippen LogP contribution in [0, 0.1) is 0 Å². The monoisotopic (exact) mass is 341 g/mol. The SMILES string of the molecule is CCNC(=O)C(=O)N/N=C\c1cc(Cl)c(OCC)c(OCC)c1. The van der Waals surface area contributed by atoms with Crippen LogP contribution in [0.25, 0.3) is 0 Å². The van der Waals surface area contributed by atoms with Crippen molar-refractivity contribution in [1.29, 1.82) is 0 Å². The second-order valence-corrected chi connectivity index (χ2v) is 4.66. The zero-order chi connectivity index (χ0) is 17.2. The Hall–Kier alpha value is -2.28. The van der Waals surface area contributed by atoms with Crippen LogP contribution in [0.3, 0.4) is 0 Å². The van der Waals surface area contributed by atoms with Crippen LogP contribution in [0.15, 0.2) is 17.2 Å². The average molecular weight is 342 g/mol. The molecule has 0 radical (unpaired) electrons. The van der Waals surface area contributed by atoms with Gasteiger partial charge in [0.2, 0.25) is 0 Å². The van der Waals surface area contributed by atoms with E-state index >= 15 is 0 Å². The Morgan fingerprint density at radius 1 is 1.17 bits per heavy atom. The van der Waals surface area contributed by atoms with Crippen molar-refractivity contribution in [3.05, 3.63) is 22.7 Å². The van der Waals surface area contributed by atoms with E-state index in [-0.39, 0.29) is 0 Å². The Morgan fingerprint density at radius 3 is 2.48 bits per heavy atom. The van der Waals surface area contributed by atoms with Gasteiger partial charge >= 0.3 is 11.8 Å². The number of carbonyl (C=O) groups excluding carboxylic acids is 2. The largest absolute Gasteiger partial charge is 0.490 e. The first kappa shape index (κ1) is 18.8. The van der Waals surface area contributed by atoms with Crippen LogP contribution in [0.1, 0.15) is 26.3 Å². The van der Waals surface area contributed by atoms with E-state index in [1.807, 2.05) is 13.8 Å². The Morgan fingerprint density at radius 2 is 1.87 bits per heavy atom. The number of likely N-dealkylation sites (N-methyl/N-ethyl adjacent to an activating group) is 1. The molecule has 0 aliphatic rings. The summed E-state index contributed by atoms with van der Waals surface area (Å²) in [5.74, 6) is -0.646. The van der Waals surface area contributed by atoms with Crippen LogP contribution in [-0.4, -0.2) is 37.8 Å². The number of hydrazone groups is 1. The molecule has 0 aromatic heterocycles. The van der Waals surface area contributed by atoms with Crippen LogP contribution >= 0.6 is 11.6 Å². The number of halogens is 1. The molecule has 0 fully saturated rings. The van der Waals surface area contributed by atoms with Crippen LogP contribution in [0.5, 0.6) is 11.5 Å². The number of nitrogens with one attached hydrogen (secondary N) is 2. The maximum Gasteiger partial charge on any atom is 0.329 e. The number of hydrogen-bond acceptors (Lipinski definition) is 5. The van der Waals surface area contributed by atoms with Crippen molar-refractivity contribution in [3.8, 4) is 11.5 Å². The second-order valence-electron chi connectivity index (χ2n) is 4.25. The molecule has 7 nitrogen and oxygen atoms in total. The van der Waals surface area contributed by atoms with Gasteiger partial charge in [0, 0.05) is 6.54 Å². The van der Waals surface area contributed by atoms with Crippen LogP contribution in [0.4, 0.5) is 0 Å². The maximum atomic E-state index is 11.4. The highest BCUT2D eigenvalue weighted by molar-refractivity contribution is 6.35. The minimum absolute atomic E-state index is 0.363. The van der Waals surface area contributed by atoms with Crippen LogP contribution in [-0.2, 0) is 9.59 Å². The molecule has 1 aromatic carbocycles. The summed E-state index contributed by atoms with van der Waals surface area (Å²) in [7, 11) is 0. The Bertz CT molecular complexity index is 590. The summed E-state index contributed by atoms with van der Waals surface area (Å²) in [4.78, 5) is 22.6. The molecule has 0 saturated carbocycles. The highest BCUT2D eigenvalue weighted by atomic mass is 35.5. The standard InChI is InChI=1S/C15H20ClN3O4/c1-4-17-14(20)15(21)19-18-9-10-7-11(16)13(23-6-3)12(8-10)22-5-2/h7-9H,4-6H2,1-3H3,(H,17,20)(H,19,21)/b18-9-. The zero-order valence-corrected chi connectivity index (χ0v) is 14.1. The molecule has 0 heterocycles. The van der Waals surface area contributed by atoms with E-state index in [0.717, 1.165) is 0 Å². The molecule has 1 rings (SSSR count). The van der Waals surface area contributed by atoms with Gasteiger partial charge in [-0.1, -0.05) is 11.6 Å². The Kier molecular flexibility index (Phi) is 7.90. The molecule has 0 spiro atoms. The smallest absolute Gasteiger partial charge is 0.329 e. The van der Waals surface area contributed by atoms with Crippen molar-refractivity contribution in [1.82, 2.24) is 10.7 Å². The summed E-state index contributed by atoms with van der Waals surface area (Å²) in [6, 6.07) is 3.30. The normalized spacial score (nSPS) is 10.4. The quantitative estimate of drug-likeness (QED) is 0.449. The van der Waals surface area contributed by atoms with Gasteiger partial charge in [0.05, 0.1) is 24.5 Å². The summed E-state index contributed by atoms with van der Waals surface area (Å²) in [6.07, 6.45) is 1.36. The van der Waals surface area contributed by atoms with Crippen LogP contribution in [0.2, 0.25) is 5.02 Å². The highest BCUT2D eigenvalue weighted by Crippen LogP contribution is 2.36. The number of hydrogen-bond donors (Lipinski definition) is 2. The second kappa shape index (κ2) is 9.68. The third kappa shape index (κ3) is 5.78. The lowest BCUT2D eigenvalue weighted by molar-refractivity contribution is -0.139. The molecule has 8 heteroatoms. The number of amides is 2. The molecule has 0 saturated heterocycles. The minimum atomic E-state index is -0.842. The fourth-order valence-corrected chi connectivity index (χ4v) is 1.94. The molecular weight excluding hydrogens is 322 g/mol. The van der Waals surface area contributed by atoms with E-state index in [4.69, 9.17) is 21.1 Å². The minimum Gasteiger partial charge on any atom is -0.490 e. The third-order valence-electron chi connectivity index (χ3n) is 2.54. The molecule has 0 aliphatic heterocycles. The number of ether oxygens (including phenoxy) is 2. The van der Waals surface area contributed by atoms with Gasteiger partial charge in [-0.25, -0.2) is 5.43 Å². The van der Waals surface area contributed by atoms with Crippen molar-refractivity contribution >= 4 is 29.6 Å². The van der Waals surface area contributed by atoms with E-state index in [1.165, 1.54) is 6.21 Å². The predicted octanol–water partition coefficient (Wildman–Crippen LogP) is 1.72. The van der Waals surface area contributed by atoms with Gasteiger partial charge in [0.1, 0.15) is 0 Å². The van der Waals surface area contributed by atoms with Gasteiger partial charge in [0.25, 0.3) is 0 Å². The molecule has 0 aliphatic carbocycles. The van der Waals surface area contributed by atoms with Crippen LogP contribution < -0.4 is 20.2 Å². The first-order valence-corrected chi connectivity index (χ1v) is 7.61. The van der Waals surface area contributed by atoms with Crippen molar-refractivity contribution in [3.63, 3.8) is 0 Å². The summed E-state index contributed by atoms with van der Waals surface area (Å²) >= 11 is 6.16. The summed E-state index contributed by atoms with van der Waals surface area (Å²) < 4.78 is 10.9. The average Bonchev–Trinajstić information content (AvgIpc) is 2.51. The first-order chi connectivity index (χ1) is 11.0. The molecule has 23 heavy (non-hydrogen) atoms. The third-order valence-corrected chi connectivity index (χ3v) is 2.82. The van der Waals surface area contributed by atoms with E-state index in [1.54, 1.807) is 19.1 Å². The molecule has 0 unspecified atom stereocenters. The van der Waals surface area contributed by atoms with Crippen molar-refractivity contribution in [2.75, 3.05) is 19.8 Å². The molecule has 0 atom stereocenters. The molecule has 1 aromatic rings. The summed E-state index contributed by atoms with van der Waals surface area (Å²) in [5.41, 5.74) is 2.73. The molecule has 0 bridgehead atoms. The van der Waals surface area contributed by atoms with E-state index in [2.05, 4.69) is 15.8 Å².